The number of aromatic hydroxyl groups is 1. The van der Waals surface area contributed by atoms with Crippen LogP contribution in [0.3, 0.4) is 0 Å². The molecule has 1 unspecified atom stereocenters. The third-order valence-corrected chi connectivity index (χ3v) is 7.06. The van der Waals surface area contributed by atoms with Gasteiger partial charge in [0, 0.05) is 28.8 Å². The molecule has 0 amide bonds. The van der Waals surface area contributed by atoms with Crippen LogP contribution in [0.5, 0.6) is 11.5 Å². The molecule has 32 heavy (non-hydrogen) atoms. The largest absolute Gasteiger partial charge is 0.507 e. The zero-order valence-corrected chi connectivity index (χ0v) is 17.9. The maximum atomic E-state index is 13.3. The Kier molecular flexibility index (Phi) is 4.73. The number of esters is 1. The van der Waals surface area contributed by atoms with E-state index in [4.69, 9.17) is 4.74 Å². The zero-order valence-electron chi connectivity index (χ0n) is 17.1. The Bertz CT molecular complexity index is 1490. The molecule has 160 valence electrons. The number of hydrogen-bond donors (Lipinski definition) is 2. The smallest absolute Gasteiger partial charge is 0.308 e. The molecule has 6 nitrogen and oxygen atoms in total. The first-order chi connectivity index (χ1) is 15.4. The minimum Gasteiger partial charge on any atom is -0.507 e. The van der Waals surface area contributed by atoms with E-state index in [1.54, 1.807) is 48.5 Å². The van der Waals surface area contributed by atoms with Crippen LogP contribution in [0.15, 0.2) is 83.8 Å². The predicted molar refractivity (Wildman–Crippen MR) is 121 cm³/mol. The van der Waals surface area contributed by atoms with E-state index < -0.39 is 22.0 Å². The molecular formula is C25H19NO5S. The van der Waals surface area contributed by atoms with Gasteiger partial charge in [0.15, 0.2) is 0 Å². The minimum absolute atomic E-state index is 0.0787. The predicted octanol–water partition coefficient (Wildman–Crippen LogP) is 4.52. The molecule has 1 heterocycles. The Morgan fingerprint density at radius 1 is 0.875 bits per heavy atom. The highest BCUT2D eigenvalue weighted by Gasteiger charge is 2.33. The Morgan fingerprint density at radius 2 is 1.50 bits per heavy atom. The minimum atomic E-state index is -3.92. The third kappa shape index (κ3) is 3.23. The van der Waals surface area contributed by atoms with E-state index in [-0.39, 0.29) is 16.4 Å². The maximum absolute atomic E-state index is 13.3. The molecule has 1 aliphatic rings. The first kappa shape index (κ1) is 20.2. The molecule has 4 aromatic rings. The van der Waals surface area contributed by atoms with E-state index in [1.807, 2.05) is 24.3 Å². The standard InChI is InChI=1S/C25H19NO5S/c1-15(27)31-22-14-21(25(28)20-12-5-3-9-17(20)22)24-19-11-4-2-8-16(19)18-10-6-7-13-23(18)32(29,30)26-24/h2-14,24,26,28H,1H3. The second kappa shape index (κ2) is 7.47. The number of nitrogens with one attached hydrogen (secondary N) is 1. The number of hydrogen-bond acceptors (Lipinski definition) is 5. The Hall–Kier alpha value is -3.68. The second-order valence-electron chi connectivity index (χ2n) is 7.59. The lowest BCUT2D eigenvalue weighted by Crippen LogP contribution is -2.28. The molecule has 0 aromatic heterocycles. The highest BCUT2D eigenvalue weighted by molar-refractivity contribution is 7.89. The van der Waals surface area contributed by atoms with Crippen molar-refractivity contribution in [2.75, 3.05) is 0 Å². The quantitative estimate of drug-likeness (QED) is 0.350. The molecule has 4 aromatic carbocycles. The van der Waals surface area contributed by atoms with Crippen LogP contribution in [0, 0.1) is 0 Å². The Labute approximate surface area is 185 Å². The van der Waals surface area contributed by atoms with Crippen molar-refractivity contribution in [1.82, 2.24) is 4.72 Å². The SMILES string of the molecule is CC(=O)Oc1cc(C2NS(=O)(=O)c3ccccc3-c3ccccc32)c(O)c2ccccc12. The summed E-state index contributed by atoms with van der Waals surface area (Å²) in [6.07, 6.45) is 0. The molecule has 2 N–H and O–H groups in total. The summed E-state index contributed by atoms with van der Waals surface area (Å²) in [4.78, 5) is 11.9. The number of carbonyl (C=O) groups is 1. The van der Waals surface area contributed by atoms with Gasteiger partial charge in [-0.1, -0.05) is 66.7 Å². The second-order valence-corrected chi connectivity index (χ2v) is 9.27. The summed E-state index contributed by atoms with van der Waals surface area (Å²) >= 11 is 0. The highest BCUT2D eigenvalue weighted by atomic mass is 32.2. The van der Waals surface area contributed by atoms with Crippen molar-refractivity contribution in [3.05, 3.63) is 90.0 Å². The number of sulfonamides is 1. The van der Waals surface area contributed by atoms with Crippen molar-refractivity contribution < 1.29 is 23.1 Å². The van der Waals surface area contributed by atoms with Crippen molar-refractivity contribution in [2.24, 2.45) is 0 Å². The summed E-state index contributed by atoms with van der Waals surface area (Å²) in [5.74, 6) is -0.342. The number of phenols is 1. The molecule has 0 radical (unpaired) electrons. The van der Waals surface area contributed by atoms with Crippen molar-refractivity contribution in [2.45, 2.75) is 17.9 Å². The summed E-state index contributed by atoms with van der Waals surface area (Å²) in [5, 5.41) is 12.2. The number of benzene rings is 4. The van der Waals surface area contributed by atoms with Gasteiger partial charge in [-0.05, 0) is 23.3 Å². The molecule has 1 atom stereocenters. The molecule has 0 saturated carbocycles. The van der Waals surface area contributed by atoms with Crippen molar-refractivity contribution in [3.63, 3.8) is 0 Å². The summed E-state index contributed by atoms with van der Waals surface area (Å²) in [7, 11) is -3.92. The summed E-state index contributed by atoms with van der Waals surface area (Å²) < 4.78 is 34.8. The molecule has 5 rings (SSSR count). The average Bonchev–Trinajstić information content (AvgIpc) is 2.89. The van der Waals surface area contributed by atoms with Crippen LogP contribution in [0.25, 0.3) is 21.9 Å². The molecule has 0 fully saturated rings. The first-order valence-corrected chi connectivity index (χ1v) is 11.5. The van der Waals surface area contributed by atoms with Crippen LogP contribution in [0.1, 0.15) is 24.1 Å². The lowest BCUT2D eigenvalue weighted by Gasteiger charge is -2.22. The molecule has 0 spiro atoms. The molecule has 0 aliphatic carbocycles. The Balaban J connectivity index is 1.82. The lowest BCUT2D eigenvalue weighted by molar-refractivity contribution is -0.131. The first-order valence-electron chi connectivity index (χ1n) is 10.0. The lowest BCUT2D eigenvalue weighted by atomic mass is 9.90. The van der Waals surface area contributed by atoms with Crippen LogP contribution in [0.2, 0.25) is 0 Å². The van der Waals surface area contributed by atoms with Gasteiger partial charge in [0.1, 0.15) is 11.5 Å². The number of fused-ring (bicyclic) bond motifs is 4. The van der Waals surface area contributed by atoms with E-state index in [1.165, 1.54) is 13.0 Å². The van der Waals surface area contributed by atoms with Crippen LogP contribution in [0.4, 0.5) is 0 Å². The zero-order chi connectivity index (χ0) is 22.5. The summed E-state index contributed by atoms with van der Waals surface area (Å²) in [6, 6.07) is 21.7. The van der Waals surface area contributed by atoms with Gasteiger partial charge in [0.2, 0.25) is 10.0 Å². The van der Waals surface area contributed by atoms with Crippen molar-refractivity contribution in [1.29, 1.82) is 0 Å². The highest BCUT2D eigenvalue weighted by Crippen LogP contribution is 2.45. The normalized spacial score (nSPS) is 16.6. The van der Waals surface area contributed by atoms with Crippen LogP contribution in [-0.4, -0.2) is 19.5 Å². The van der Waals surface area contributed by atoms with Gasteiger partial charge in [0.25, 0.3) is 0 Å². The van der Waals surface area contributed by atoms with Crippen LogP contribution < -0.4 is 9.46 Å². The fraction of sp³-hybridized carbons (Fsp3) is 0.0800. The summed E-state index contributed by atoms with van der Waals surface area (Å²) in [5.41, 5.74) is 2.30. The van der Waals surface area contributed by atoms with Gasteiger partial charge < -0.3 is 9.84 Å². The molecular weight excluding hydrogens is 426 g/mol. The number of ether oxygens (including phenoxy) is 1. The number of phenolic OH excluding ortho intramolecular Hbond substituents is 1. The Morgan fingerprint density at radius 3 is 2.25 bits per heavy atom. The van der Waals surface area contributed by atoms with Crippen molar-refractivity contribution >= 4 is 26.8 Å². The molecule has 0 saturated heterocycles. The van der Waals surface area contributed by atoms with Gasteiger partial charge in [-0.3, -0.25) is 4.79 Å². The van der Waals surface area contributed by atoms with E-state index >= 15 is 0 Å². The van der Waals surface area contributed by atoms with Crippen LogP contribution >= 0.6 is 0 Å². The fourth-order valence-corrected chi connectivity index (χ4v) is 5.65. The number of rotatable bonds is 2. The van der Waals surface area contributed by atoms with E-state index in [9.17, 15) is 18.3 Å². The van der Waals surface area contributed by atoms with Gasteiger partial charge in [-0.15, -0.1) is 0 Å². The van der Waals surface area contributed by atoms with E-state index in [0.29, 0.717) is 27.5 Å². The van der Waals surface area contributed by atoms with Gasteiger partial charge in [-0.2, -0.15) is 4.72 Å². The molecule has 0 bridgehead atoms. The monoisotopic (exact) mass is 445 g/mol. The van der Waals surface area contributed by atoms with Gasteiger partial charge in [0.05, 0.1) is 10.9 Å². The fourth-order valence-electron chi connectivity index (χ4n) is 4.24. The third-order valence-electron chi connectivity index (χ3n) is 5.58. The maximum Gasteiger partial charge on any atom is 0.308 e. The van der Waals surface area contributed by atoms with E-state index in [0.717, 1.165) is 5.56 Å². The van der Waals surface area contributed by atoms with Gasteiger partial charge in [-0.25, -0.2) is 8.42 Å². The molecule has 1 aliphatic heterocycles. The van der Waals surface area contributed by atoms with Gasteiger partial charge >= 0.3 is 5.97 Å². The van der Waals surface area contributed by atoms with Crippen molar-refractivity contribution in [3.8, 4) is 22.6 Å². The topological polar surface area (TPSA) is 92.7 Å². The van der Waals surface area contributed by atoms with Crippen LogP contribution in [-0.2, 0) is 14.8 Å². The number of carbonyl (C=O) groups excluding carboxylic acids is 1. The van der Waals surface area contributed by atoms with E-state index in [2.05, 4.69) is 4.72 Å². The molecule has 7 heteroatoms. The average molecular weight is 445 g/mol. The summed E-state index contributed by atoms with van der Waals surface area (Å²) in [6.45, 7) is 1.29.